The van der Waals surface area contributed by atoms with E-state index in [1.54, 1.807) is 21.3 Å². The van der Waals surface area contributed by atoms with E-state index in [4.69, 9.17) is 18.9 Å². The van der Waals surface area contributed by atoms with Crippen molar-refractivity contribution in [3.63, 3.8) is 0 Å². The molecular weight excluding hydrogens is 360 g/mol. The van der Waals surface area contributed by atoms with Crippen molar-refractivity contribution >= 4 is 15.9 Å². The maximum Gasteiger partial charge on any atom is 0.179 e. The second-order valence-corrected chi connectivity index (χ2v) is 5.67. The largest absolute Gasteiger partial charge is 0.497 e. The zero-order valence-electron chi connectivity index (χ0n) is 13.8. The van der Waals surface area contributed by atoms with Crippen molar-refractivity contribution in [1.82, 2.24) is 0 Å². The minimum absolute atomic E-state index is 0.601. The predicted octanol–water partition coefficient (Wildman–Crippen LogP) is 4.93. The van der Waals surface area contributed by atoms with Crippen molar-refractivity contribution in [3.05, 3.63) is 34.8 Å². The summed E-state index contributed by atoms with van der Waals surface area (Å²) in [6, 6.07) is 9.72. The molecule has 0 radical (unpaired) electrons. The lowest BCUT2D eigenvalue weighted by molar-refractivity contribution is 0.290. The van der Waals surface area contributed by atoms with Crippen molar-refractivity contribution < 1.29 is 18.9 Å². The fourth-order valence-electron chi connectivity index (χ4n) is 2.26. The first-order chi connectivity index (χ1) is 11.2. The summed E-state index contributed by atoms with van der Waals surface area (Å²) in [6.07, 6.45) is 0.907. The van der Waals surface area contributed by atoms with Crippen LogP contribution in [0.5, 0.6) is 23.0 Å². The monoisotopic (exact) mass is 380 g/mol. The summed E-state index contributed by atoms with van der Waals surface area (Å²) in [7, 11) is 4.92. The Kier molecular flexibility index (Phi) is 6.16. The summed E-state index contributed by atoms with van der Waals surface area (Å²) < 4.78 is 22.9. The highest BCUT2D eigenvalue weighted by Crippen LogP contribution is 2.48. The van der Waals surface area contributed by atoms with Gasteiger partial charge in [-0.2, -0.15) is 0 Å². The standard InChI is InChI=1S/C18H21BrO4/c1-5-10-23-18-16(19)15(21-3)11-14(17(18)22-4)12-6-8-13(20-2)9-7-12/h6-9,11H,5,10H2,1-4H3. The first-order valence-corrected chi connectivity index (χ1v) is 8.17. The Balaban J connectivity index is 2.60. The molecule has 2 rings (SSSR count). The van der Waals surface area contributed by atoms with E-state index < -0.39 is 0 Å². The average molecular weight is 381 g/mol. The fourth-order valence-corrected chi connectivity index (χ4v) is 2.83. The summed E-state index contributed by atoms with van der Waals surface area (Å²) in [6.45, 7) is 2.66. The number of hydrogen-bond acceptors (Lipinski definition) is 4. The number of hydrogen-bond donors (Lipinski definition) is 0. The van der Waals surface area contributed by atoms with E-state index in [-0.39, 0.29) is 0 Å². The molecule has 4 nitrogen and oxygen atoms in total. The van der Waals surface area contributed by atoms with Crippen molar-refractivity contribution in [2.24, 2.45) is 0 Å². The van der Waals surface area contributed by atoms with Crippen molar-refractivity contribution in [2.75, 3.05) is 27.9 Å². The molecule has 0 unspecified atom stereocenters. The van der Waals surface area contributed by atoms with E-state index in [0.717, 1.165) is 27.8 Å². The van der Waals surface area contributed by atoms with Crippen LogP contribution in [0.2, 0.25) is 0 Å². The zero-order valence-corrected chi connectivity index (χ0v) is 15.4. The molecule has 5 heteroatoms. The van der Waals surface area contributed by atoms with Gasteiger partial charge in [0, 0.05) is 5.56 Å². The molecule has 2 aromatic rings. The Hall–Kier alpha value is -1.88. The second kappa shape index (κ2) is 8.11. The van der Waals surface area contributed by atoms with Crippen LogP contribution in [-0.4, -0.2) is 27.9 Å². The molecule has 0 atom stereocenters. The fraction of sp³-hybridized carbons (Fsp3) is 0.333. The molecule has 0 N–H and O–H groups in total. The highest BCUT2D eigenvalue weighted by atomic mass is 79.9. The molecule has 0 heterocycles. The van der Waals surface area contributed by atoms with Gasteiger partial charge in [0.25, 0.3) is 0 Å². The van der Waals surface area contributed by atoms with Gasteiger partial charge in [-0.1, -0.05) is 19.1 Å². The minimum atomic E-state index is 0.601. The summed E-state index contributed by atoms with van der Waals surface area (Å²) in [4.78, 5) is 0. The van der Waals surface area contributed by atoms with E-state index in [1.807, 2.05) is 30.3 Å². The van der Waals surface area contributed by atoms with Crippen LogP contribution in [0.15, 0.2) is 34.8 Å². The molecule has 0 saturated heterocycles. The highest BCUT2D eigenvalue weighted by molar-refractivity contribution is 9.10. The second-order valence-electron chi connectivity index (χ2n) is 4.88. The Morgan fingerprint density at radius 2 is 1.61 bits per heavy atom. The number of methoxy groups -OCH3 is 3. The molecule has 0 aromatic heterocycles. The Labute approximate surface area is 145 Å². The predicted molar refractivity (Wildman–Crippen MR) is 95.0 cm³/mol. The molecule has 0 aliphatic carbocycles. The van der Waals surface area contributed by atoms with Crippen LogP contribution in [0, 0.1) is 0 Å². The van der Waals surface area contributed by atoms with Gasteiger partial charge < -0.3 is 18.9 Å². The first-order valence-electron chi connectivity index (χ1n) is 7.37. The third-order valence-electron chi connectivity index (χ3n) is 3.42. The van der Waals surface area contributed by atoms with Crippen molar-refractivity contribution in [1.29, 1.82) is 0 Å². The third kappa shape index (κ3) is 3.72. The molecule has 124 valence electrons. The summed E-state index contributed by atoms with van der Waals surface area (Å²) in [5.74, 6) is 2.83. The number of halogens is 1. The van der Waals surface area contributed by atoms with Gasteiger partial charge in [0.05, 0.1) is 27.9 Å². The lowest BCUT2D eigenvalue weighted by Gasteiger charge is -2.18. The van der Waals surface area contributed by atoms with E-state index in [0.29, 0.717) is 23.9 Å². The molecule has 0 saturated carbocycles. The molecule has 0 fully saturated rings. The van der Waals surface area contributed by atoms with E-state index in [2.05, 4.69) is 22.9 Å². The summed E-state index contributed by atoms with van der Waals surface area (Å²) >= 11 is 3.54. The molecular formula is C18H21BrO4. The number of ether oxygens (including phenoxy) is 4. The normalized spacial score (nSPS) is 10.3. The van der Waals surface area contributed by atoms with Crippen LogP contribution in [-0.2, 0) is 0 Å². The number of benzene rings is 2. The lowest BCUT2D eigenvalue weighted by Crippen LogP contribution is -2.01. The summed E-state index contributed by atoms with van der Waals surface area (Å²) in [5, 5.41) is 0. The minimum Gasteiger partial charge on any atom is -0.497 e. The average Bonchev–Trinajstić information content (AvgIpc) is 2.60. The van der Waals surface area contributed by atoms with E-state index >= 15 is 0 Å². The molecule has 0 bridgehead atoms. The van der Waals surface area contributed by atoms with Gasteiger partial charge >= 0.3 is 0 Å². The Morgan fingerprint density at radius 3 is 2.13 bits per heavy atom. The van der Waals surface area contributed by atoms with Gasteiger partial charge in [-0.05, 0) is 46.1 Å². The van der Waals surface area contributed by atoms with Crippen molar-refractivity contribution in [2.45, 2.75) is 13.3 Å². The maximum absolute atomic E-state index is 5.88. The Morgan fingerprint density at radius 1 is 0.913 bits per heavy atom. The highest BCUT2D eigenvalue weighted by Gasteiger charge is 2.20. The Bertz CT molecular complexity index is 653. The molecule has 23 heavy (non-hydrogen) atoms. The maximum atomic E-state index is 5.88. The van der Waals surface area contributed by atoms with Crippen LogP contribution in [0.4, 0.5) is 0 Å². The van der Waals surface area contributed by atoms with Gasteiger partial charge in [0.1, 0.15) is 16.0 Å². The van der Waals surface area contributed by atoms with Crippen LogP contribution in [0.3, 0.4) is 0 Å². The molecule has 0 amide bonds. The van der Waals surface area contributed by atoms with E-state index in [9.17, 15) is 0 Å². The smallest absolute Gasteiger partial charge is 0.179 e. The molecule has 2 aromatic carbocycles. The van der Waals surface area contributed by atoms with Gasteiger partial charge in [-0.25, -0.2) is 0 Å². The molecule has 0 spiro atoms. The first kappa shape index (κ1) is 17.5. The SMILES string of the molecule is CCCOc1c(Br)c(OC)cc(-c2ccc(OC)cc2)c1OC. The quantitative estimate of drug-likeness (QED) is 0.682. The van der Waals surface area contributed by atoms with Gasteiger partial charge in [-0.15, -0.1) is 0 Å². The summed E-state index contributed by atoms with van der Waals surface area (Å²) in [5.41, 5.74) is 1.90. The van der Waals surface area contributed by atoms with Crippen molar-refractivity contribution in [3.8, 4) is 34.1 Å². The van der Waals surface area contributed by atoms with Crippen LogP contribution >= 0.6 is 15.9 Å². The van der Waals surface area contributed by atoms with Gasteiger partial charge in [0.2, 0.25) is 0 Å². The molecule has 0 aliphatic heterocycles. The van der Waals surface area contributed by atoms with E-state index in [1.165, 1.54) is 0 Å². The van der Waals surface area contributed by atoms with Gasteiger partial charge in [0.15, 0.2) is 11.5 Å². The zero-order chi connectivity index (χ0) is 16.8. The van der Waals surface area contributed by atoms with Gasteiger partial charge in [-0.3, -0.25) is 0 Å². The molecule has 0 aliphatic rings. The lowest BCUT2D eigenvalue weighted by atomic mass is 10.0. The van der Waals surface area contributed by atoms with Crippen LogP contribution in [0.25, 0.3) is 11.1 Å². The third-order valence-corrected chi connectivity index (χ3v) is 4.17. The number of rotatable bonds is 7. The van der Waals surface area contributed by atoms with Crippen LogP contribution in [0.1, 0.15) is 13.3 Å². The van der Waals surface area contributed by atoms with Crippen LogP contribution < -0.4 is 18.9 Å². The topological polar surface area (TPSA) is 36.9 Å².